The number of phosphoric ester groups is 1. The number of nitrogens with one attached hydrogen (secondary N) is 1. The zero-order chi connectivity index (χ0) is 48.2. The summed E-state index contributed by atoms with van der Waals surface area (Å²) in [5, 5.41) is 2.57. The monoisotopic (exact) mass is 932 g/mol. The molecule has 65 heavy (non-hydrogen) atoms. The van der Waals surface area contributed by atoms with Crippen LogP contribution >= 0.6 is 7.82 Å². The highest BCUT2D eigenvalue weighted by atomic mass is 31.2. The average Bonchev–Trinajstić information content (AvgIpc) is 3.23. The van der Waals surface area contributed by atoms with Gasteiger partial charge in [-0.2, -0.15) is 0 Å². The number of hydrogen-bond acceptors (Lipinski definition) is 9. The fourth-order valence-electron chi connectivity index (χ4n) is 6.16. The zero-order valence-electron chi connectivity index (χ0n) is 42.4. The molecule has 2 atom stereocenters. The maximum absolute atomic E-state index is 13.8. The molecule has 0 bridgehead atoms. The molecular weight excluding hydrogens is 838 g/mol. The van der Waals surface area contributed by atoms with Crippen LogP contribution in [0.25, 0.3) is 0 Å². The summed E-state index contributed by atoms with van der Waals surface area (Å²) in [5.41, 5.74) is -1.55. The van der Waals surface area contributed by atoms with Gasteiger partial charge in [0.1, 0.15) is 11.7 Å². The molecule has 11 heteroatoms. The Labute approximate surface area is 397 Å². The molecular formula is C54H94NO9P. The third kappa shape index (κ3) is 47.3. The molecule has 0 aromatic carbocycles. The van der Waals surface area contributed by atoms with Crippen molar-refractivity contribution in [3.05, 3.63) is 85.1 Å². The van der Waals surface area contributed by atoms with Crippen molar-refractivity contribution >= 4 is 19.9 Å². The number of amides is 1. The number of alkyl carbamates (subject to hydrolysis) is 1. The van der Waals surface area contributed by atoms with Gasteiger partial charge in [0.25, 0.3) is 0 Å². The first-order chi connectivity index (χ1) is 31.2. The van der Waals surface area contributed by atoms with Crippen molar-refractivity contribution in [2.75, 3.05) is 33.0 Å². The predicted molar refractivity (Wildman–Crippen MR) is 272 cm³/mol. The Morgan fingerprint density at radius 1 is 0.554 bits per heavy atom. The minimum absolute atomic E-state index is 0.0114. The van der Waals surface area contributed by atoms with Gasteiger partial charge in [0.05, 0.1) is 32.0 Å². The number of carbonyl (C=O) groups excluding carboxylic acids is 2. The number of esters is 1. The van der Waals surface area contributed by atoms with Crippen molar-refractivity contribution in [2.45, 2.75) is 214 Å². The summed E-state index contributed by atoms with van der Waals surface area (Å²) < 4.78 is 47.7. The summed E-state index contributed by atoms with van der Waals surface area (Å²) in [6, 6.07) is 0. The molecule has 0 aromatic rings. The molecule has 0 aliphatic rings. The van der Waals surface area contributed by atoms with E-state index in [1.807, 2.05) is 18.2 Å². The van der Waals surface area contributed by atoms with Gasteiger partial charge in [0.2, 0.25) is 0 Å². The Hall–Kier alpha value is -3.01. The van der Waals surface area contributed by atoms with Gasteiger partial charge in [-0.15, -0.1) is 0 Å². The van der Waals surface area contributed by atoms with E-state index in [0.717, 1.165) is 51.4 Å². The molecule has 0 saturated heterocycles. The first kappa shape index (κ1) is 62.0. The molecule has 0 rings (SSSR count). The molecule has 1 amide bonds. The molecule has 0 aromatic heterocycles. The van der Waals surface area contributed by atoms with Crippen LogP contribution in [0.15, 0.2) is 85.1 Å². The fraction of sp³-hybridized carbons (Fsp3) is 0.704. The van der Waals surface area contributed by atoms with Crippen molar-refractivity contribution < 1.29 is 41.9 Å². The fourth-order valence-corrected chi connectivity index (χ4v) is 7.67. The van der Waals surface area contributed by atoms with E-state index in [1.165, 1.54) is 77.0 Å². The van der Waals surface area contributed by atoms with Gasteiger partial charge in [-0.3, -0.25) is 18.4 Å². The van der Waals surface area contributed by atoms with E-state index in [0.29, 0.717) is 13.0 Å². The first-order valence-corrected chi connectivity index (χ1v) is 26.5. The lowest BCUT2D eigenvalue weighted by Crippen LogP contribution is -2.34. The second-order valence-electron chi connectivity index (χ2n) is 18.3. The van der Waals surface area contributed by atoms with Gasteiger partial charge in [-0.25, -0.2) is 9.36 Å². The minimum Gasteiger partial charge on any atom is -0.457 e. The molecule has 374 valence electrons. The van der Waals surface area contributed by atoms with Crippen LogP contribution in [0.3, 0.4) is 0 Å². The lowest BCUT2D eigenvalue weighted by atomic mass is 10.0. The van der Waals surface area contributed by atoms with Crippen molar-refractivity contribution in [1.29, 1.82) is 0 Å². The van der Waals surface area contributed by atoms with E-state index in [9.17, 15) is 14.2 Å². The summed E-state index contributed by atoms with van der Waals surface area (Å²) in [6.07, 6.45) is 52.9. The lowest BCUT2D eigenvalue weighted by molar-refractivity contribution is -0.154. The van der Waals surface area contributed by atoms with Crippen LogP contribution in [0.5, 0.6) is 0 Å². The van der Waals surface area contributed by atoms with Crippen LogP contribution in [0, 0.1) is 0 Å². The molecule has 0 aliphatic heterocycles. The van der Waals surface area contributed by atoms with Crippen LogP contribution in [0.2, 0.25) is 0 Å². The third-order valence-corrected chi connectivity index (χ3v) is 11.1. The van der Waals surface area contributed by atoms with E-state index in [-0.39, 0.29) is 32.8 Å². The molecule has 0 spiro atoms. The van der Waals surface area contributed by atoms with E-state index >= 15 is 0 Å². The van der Waals surface area contributed by atoms with Crippen molar-refractivity contribution in [1.82, 2.24) is 5.32 Å². The highest BCUT2D eigenvalue weighted by molar-refractivity contribution is 7.48. The Kier molecular flexibility index (Phi) is 40.4. The highest BCUT2D eigenvalue weighted by Gasteiger charge is 2.34. The summed E-state index contributed by atoms with van der Waals surface area (Å²) in [6.45, 7) is 14.8. The molecule has 0 fully saturated rings. The van der Waals surface area contributed by atoms with Gasteiger partial charge in [0.15, 0.2) is 0 Å². The van der Waals surface area contributed by atoms with Gasteiger partial charge < -0.3 is 19.5 Å². The molecule has 0 saturated carbocycles. The zero-order valence-corrected chi connectivity index (χ0v) is 43.3. The van der Waals surface area contributed by atoms with E-state index in [1.54, 1.807) is 41.5 Å². The van der Waals surface area contributed by atoms with Crippen LogP contribution in [0.1, 0.15) is 197 Å². The molecule has 0 heterocycles. The molecule has 10 nitrogen and oxygen atoms in total. The number of allylic oxidation sites excluding steroid dienone is 13. The highest BCUT2D eigenvalue weighted by Crippen LogP contribution is 2.52. The van der Waals surface area contributed by atoms with Crippen LogP contribution in [-0.2, 0) is 37.1 Å². The number of hydrogen-bond donors (Lipinski definition) is 1. The Morgan fingerprint density at radius 3 is 1.52 bits per heavy atom. The number of ether oxygens (including phenoxy) is 3. The third-order valence-electron chi connectivity index (χ3n) is 9.39. The average molecular weight is 932 g/mol. The molecule has 0 radical (unpaired) electrons. The lowest BCUT2D eigenvalue weighted by Gasteiger charge is -2.27. The van der Waals surface area contributed by atoms with Crippen molar-refractivity contribution in [2.24, 2.45) is 0 Å². The van der Waals surface area contributed by atoms with E-state index in [4.69, 9.17) is 27.8 Å². The maximum Gasteiger partial charge on any atom is 0.475 e. The van der Waals surface area contributed by atoms with Crippen LogP contribution in [0.4, 0.5) is 4.79 Å². The van der Waals surface area contributed by atoms with Crippen molar-refractivity contribution in [3.63, 3.8) is 0 Å². The van der Waals surface area contributed by atoms with Gasteiger partial charge in [-0.05, 0) is 99.3 Å². The SMILES string of the molecule is CC/C=C\C/C=C\C/C=C\C/C=C\C/C=C\C/C=C\CCC(=O)O[C@H](COC/C=C/CCCCCCCCCCCCCCC)COP(=O)(OCCNC(=O)OC(C)(C)C)OC(C)(C)C. The number of phosphoric acid groups is 1. The van der Waals surface area contributed by atoms with Gasteiger partial charge >= 0.3 is 19.9 Å². The predicted octanol–water partition coefficient (Wildman–Crippen LogP) is 15.9. The van der Waals surface area contributed by atoms with E-state index in [2.05, 4.69) is 86.0 Å². The number of rotatable bonds is 41. The standard InChI is InChI=1S/C54H94NO9P/c1-9-11-13-15-17-19-21-23-25-27-28-29-30-32-34-36-38-40-42-44-51(56)62-50(48-59-46-43-41-39-37-35-33-31-26-24-22-20-18-16-14-12-10-2)49-61-65(58,64-54(6,7)8)60-47-45-55-52(57)63-53(3,4)5/h11,13,17,19,23,25,28-29,32,34,38,40-41,43,50H,9-10,12,14-16,18,20-22,24,26-27,30-31,33,35-37,39,42,44-49H2,1-8H3,(H,55,57)/b13-11-,19-17-,25-23-,29-28-,34-32-,40-38-,43-41+/t50-,65?/m1/s1. The number of carbonyl (C=O) groups is 2. The molecule has 1 N–H and O–H groups in total. The van der Waals surface area contributed by atoms with Crippen LogP contribution in [-0.4, -0.2) is 62.3 Å². The van der Waals surface area contributed by atoms with Crippen LogP contribution < -0.4 is 5.32 Å². The summed E-state index contributed by atoms with van der Waals surface area (Å²) >= 11 is 0. The largest absolute Gasteiger partial charge is 0.475 e. The summed E-state index contributed by atoms with van der Waals surface area (Å²) in [7, 11) is -4.16. The Bertz CT molecular complexity index is 1420. The topological polar surface area (TPSA) is 119 Å². The smallest absolute Gasteiger partial charge is 0.457 e. The van der Waals surface area contributed by atoms with Gasteiger partial charge in [-0.1, -0.05) is 176 Å². The van der Waals surface area contributed by atoms with Gasteiger partial charge in [0, 0.05) is 13.0 Å². The number of unbranched alkanes of at least 4 members (excludes halogenated alkanes) is 13. The maximum atomic E-state index is 13.8. The van der Waals surface area contributed by atoms with E-state index < -0.39 is 37.2 Å². The minimum atomic E-state index is -4.16. The second-order valence-corrected chi connectivity index (χ2v) is 19.9. The Balaban J connectivity index is 4.94. The first-order valence-electron chi connectivity index (χ1n) is 25.1. The normalized spacial score (nSPS) is 14.3. The summed E-state index contributed by atoms with van der Waals surface area (Å²) in [5.74, 6) is -0.422. The summed E-state index contributed by atoms with van der Waals surface area (Å²) in [4.78, 5) is 25.0. The Morgan fingerprint density at radius 2 is 1.03 bits per heavy atom. The molecule has 0 aliphatic carbocycles. The molecule has 1 unspecified atom stereocenters. The quantitative estimate of drug-likeness (QED) is 0.0277. The van der Waals surface area contributed by atoms with Crippen molar-refractivity contribution in [3.8, 4) is 0 Å². The second kappa shape index (κ2) is 42.4.